The lowest BCUT2D eigenvalue weighted by atomic mass is 10.2. The maximum absolute atomic E-state index is 5.81. The third-order valence-electron chi connectivity index (χ3n) is 2.64. The number of anilines is 1. The third kappa shape index (κ3) is 7.92. The highest BCUT2D eigenvalue weighted by Crippen LogP contribution is 2.16. The van der Waals surface area contributed by atoms with Crippen molar-refractivity contribution in [3.63, 3.8) is 0 Å². The lowest BCUT2D eigenvalue weighted by molar-refractivity contribution is 0.415. The molecule has 19 heavy (non-hydrogen) atoms. The van der Waals surface area contributed by atoms with Crippen LogP contribution in [0.1, 0.15) is 32.6 Å². The second-order valence-electron chi connectivity index (χ2n) is 4.18. The first-order valence-corrected chi connectivity index (χ1v) is 6.47. The van der Waals surface area contributed by atoms with Crippen LogP contribution < -0.4 is 15.8 Å². The Kier molecular flexibility index (Phi) is 10.3. The number of aliphatic imine (C=N–C) groups is 1. The molecule has 0 aromatic heterocycles. The lowest BCUT2D eigenvalue weighted by Crippen LogP contribution is -2.22. The van der Waals surface area contributed by atoms with Gasteiger partial charge in [-0.05, 0) is 18.6 Å². The summed E-state index contributed by atoms with van der Waals surface area (Å²) >= 11 is 0. The van der Waals surface area contributed by atoms with E-state index in [4.69, 9.17) is 10.5 Å². The van der Waals surface area contributed by atoms with E-state index in [2.05, 4.69) is 17.2 Å². The molecule has 0 saturated carbocycles. The first-order chi connectivity index (χ1) is 8.76. The Morgan fingerprint density at radius 3 is 2.79 bits per heavy atom. The summed E-state index contributed by atoms with van der Waals surface area (Å²) < 4.78 is 5.14. The van der Waals surface area contributed by atoms with Gasteiger partial charge in [0.05, 0.1) is 7.11 Å². The van der Waals surface area contributed by atoms with Crippen LogP contribution in [0.2, 0.25) is 0 Å². The molecule has 0 aliphatic rings. The van der Waals surface area contributed by atoms with Gasteiger partial charge in [-0.1, -0.05) is 32.3 Å². The molecule has 0 fully saturated rings. The number of halogens is 1. The van der Waals surface area contributed by atoms with E-state index < -0.39 is 0 Å². The highest BCUT2D eigenvalue weighted by Gasteiger charge is 1.97. The number of hydrogen-bond acceptors (Lipinski definition) is 2. The van der Waals surface area contributed by atoms with Crippen molar-refractivity contribution in [3.05, 3.63) is 24.3 Å². The molecule has 5 heteroatoms. The molecule has 0 unspecified atom stereocenters. The van der Waals surface area contributed by atoms with Crippen molar-refractivity contribution in [1.82, 2.24) is 0 Å². The van der Waals surface area contributed by atoms with E-state index in [1.807, 2.05) is 24.3 Å². The average Bonchev–Trinajstić information content (AvgIpc) is 2.38. The molecule has 0 saturated heterocycles. The molecule has 1 aromatic carbocycles. The summed E-state index contributed by atoms with van der Waals surface area (Å²) in [5.41, 5.74) is 6.70. The van der Waals surface area contributed by atoms with E-state index in [-0.39, 0.29) is 24.0 Å². The van der Waals surface area contributed by atoms with Crippen molar-refractivity contribution in [2.24, 2.45) is 10.7 Å². The first-order valence-electron chi connectivity index (χ1n) is 6.47. The molecule has 0 radical (unpaired) electrons. The van der Waals surface area contributed by atoms with Gasteiger partial charge >= 0.3 is 0 Å². The van der Waals surface area contributed by atoms with Crippen molar-refractivity contribution < 1.29 is 4.74 Å². The SMILES string of the molecule is CCCCCCN=C(N)Nc1cccc(OC)c1.I. The van der Waals surface area contributed by atoms with Gasteiger partial charge in [0.2, 0.25) is 0 Å². The summed E-state index contributed by atoms with van der Waals surface area (Å²) in [4.78, 5) is 4.29. The number of ether oxygens (including phenoxy) is 1. The molecule has 108 valence electrons. The van der Waals surface area contributed by atoms with Crippen LogP contribution in [-0.2, 0) is 0 Å². The zero-order chi connectivity index (χ0) is 13.2. The van der Waals surface area contributed by atoms with Crippen LogP contribution >= 0.6 is 24.0 Å². The van der Waals surface area contributed by atoms with Gasteiger partial charge in [0.25, 0.3) is 0 Å². The van der Waals surface area contributed by atoms with Gasteiger partial charge in [0.1, 0.15) is 5.75 Å². The van der Waals surface area contributed by atoms with Crippen molar-refractivity contribution in [2.75, 3.05) is 19.0 Å². The summed E-state index contributed by atoms with van der Waals surface area (Å²) in [6.45, 7) is 2.98. The van der Waals surface area contributed by atoms with Gasteiger partial charge in [-0.15, -0.1) is 24.0 Å². The van der Waals surface area contributed by atoms with E-state index in [0.29, 0.717) is 5.96 Å². The van der Waals surface area contributed by atoms with E-state index in [0.717, 1.165) is 24.4 Å². The summed E-state index contributed by atoms with van der Waals surface area (Å²) in [5, 5.41) is 3.06. The van der Waals surface area contributed by atoms with Crippen LogP contribution in [-0.4, -0.2) is 19.6 Å². The Morgan fingerprint density at radius 2 is 2.11 bits per heavy atom. The quantitative estimate of drug-likeness (QED) is 0.330. The number of nitrogens with one attached hydrogen (secondary N) is 1. The second-order valence-corrected chi connectivity index (χ2v) is 4.18. The predicted molar refractivity (Wildman–Crippen MR) is 92.7 cm³/mol. The standard InChI is InChI=1S/C14H23N3O.HI/c1-3-4-5-6-10-16-14(15)17-12-8-7-9-13(11-12)18-2;/h7-9,11H,3-6,10H2,1-2H3,(H3,15,16,17);1H. The summed E-state index contributed by atoms with van der Waals surface area (Å²) in [5.74, 6) is 1.26. The van der Waals surface area contributed by atoms with Crippen LogP contribution in [0.5, 0.6) is 5.75 Å². The average molecular weight is 377 g/mol. The largest absolute Gasteiger partial charge is 0.497 e. The molecule has 0 aliphatic carbocycles. The zero-order valence-electron chi connectivity index (χ0n) is 11.7. The van der Waals surface area contributed by atoms with E-state index in [1.54, 1.807) is 7.11 Å². The Morgan fingerprint density at radius 1 is 1.32 bits per heavy atom. The Hall–Kier alpha value is -0.980. The number of methoxy groups -OCH3 is 1. The molecule has 1 rings (SSSR count). The molecule has 1 aromatic rings. The van der Waals surface area contributed by atoms with Crippen LogP contribution in [0.4, 0.5) is 5.69 Å². The van der Waals surface area contributed by atoms with Gasteiger partial charge in [0.15, 0.2) is 5.96 Å². The maximum atomic E-state index is 5.81. The van der Waals surface area contributed by atoms with Crippen LogP contribution in [0.15, 0.2) is 29.3 Å². The monoisotopic (exact) mass is 377 g/mol. The van der Waals surface area contributed by atoms with Crippen molar-refractivity contribution in [2.45, 2.75) is 32.6 Å². The fraction of sp³-hybridized carbons (Fsp3) is 0.500. The molecular weight excluding hydrogens is 353 g/mol. The number of guanidine groups is 1. The van der Waals surface area contributed by atoms with Crippen molar-refractivity contribution >= 4 is 35.6 Å². The normalized spacial score (nSPS) is 10.7. The number of unbranched alkanes of at least 4 members (excludes halogenated alkanes) is 3. The highest BCUT2D eigenvalue weighted by molar-refractivity contribution is 14.0. The summed E-state index contributed by atoms with van der Waals surface area (Å²) in [6.07, 6.45) is 4.81. The van der Waals surface area contributed by atoms with E-state index >= 15 is 0 Å². The fourth-order valence-electron chi connectivity index (χ4n) is 1.63. The van der Waals surface area contributed by atoms with Crippen LogP contribution in [0.3, 0.4) is 0 Å². The minimum Gasteiger partial charge on any atom is -0.497 e. The number of benzene rings is 1. The summed E-state index contributed by atoms with van der Waals surface area (Å²) in [6, 6.07) is 7.63. The van der Waals surface area contributed by atoms with Crippen molar-refractivity contribution in [1.29, 1.82) is 0 Å². The fourth-order valence-corrected chi connectivity index (χ4v) is 1.63. The molecule has 0 aliphatic heterocycles. The number of hydrogen-bond donors (Lipinski definition) is 2. The van der Waals surface area contributed by atoms with Gasteiger partial charge in [-0.3, -0.25) is 4.99 Å². The number of nitrogens with two attached hydrogens (primary N) is 1. The van der Waals surface area contributed by atoms with E-state index in [9.17, 15) is 0 Å². The van der Waals surface area contributed by atoms with Crippen LogP contribution in [0, 0.1) is 0 Å². The molecule has 3 N–H and O–H groups in total. The Bertz CT molecular complexity index is 383. The topological polar surface area (TPSA) is 59.6 Å². The Labute approximate surface area is 132 Å². The minimum atomic E-state index is 0. The molecule has 0 amide bonds. The van der Waals surface area contributed by atoms with Crippen molar-refractivity contribution in [3.8, 4) is 5.75 Å². The number of nitrogens with zero attached hydrogens (tertiary/aromatic N) is 1. The van der Waals surface area contributed by atoms with E-state index in [1.165, 1.54) is 19.3 Å². The van der Waals surface area contributed by atoms with Gasteiger partial charge in [0, 0.05) is 18.3 Å². The molecule has 0 atom stereocenters. The zero-order valence-corrected chi connectivity index (χ0v) is 14.0. The number of rotatable bonds is 7. The van der Waals surface area contributed by atoms with Gasteiger partial charge < -0.3 is 15.8 Å². The third-order valence-corrected chi connectivity index (χ3v) is 2.64. The summed E-state index contributed by atoms with van der Waals surface area (Å²) in [7, 11) is 1.64. The molecular formula is C14H24IN3O. The Balaban J connectivity index is 0.00000324. The lowest BCUT2D eigenvalue weighted by Gasteiger charge is -2.07. The molecule has 0 spiro atoms. The predicted octanol–water partition coefficient (Wildman–Crippen LogP) is 3.62. The molecule has 4 nitrogen and oxygen atoms in total. The van der Waals surface area contributed by atoms with Gasteiger partial charge in [-0.25, -0.2) is 0 Å². The minimum absolute atomic E-state index is 0. The maximum Gasteiger partial charge on any atom is 0.193 e. The highest BCUT2D eigenvalue weighted by atomic mass is 127. The molecule has 0 heterocycles. The molecule has 0 bridgehead atoms. The van der Waals surface area contributed by atoms with Crippen LogP contribution in [0.25, 0.3) is 0 Å². The first kappa shape index (κ1) is 18.0. The second kappa shape index (κ2) is 10.9. The van der Waals surface area contributed by atoms with Gasteiger partial charge in [-0.2, -0.15) is 0 Å². The smallest absolute Gasteiger partial charge is 0.193 e.